The summed E-state index contributed by atoms with van der Waals surface area (Å²) in [6.07, 6.45) is 2.73. The van der Waals surface area contributed by atoms with E-state index in [4.69, 9.17) is 9.47 Å². The topological polar surface area (TPSA) is 123 Å². The van der Waals surface area contributed by atoms with Gasteiger partial charge in [-0.1, -0.05) is 23.8 Å². The molecule has 2 aromatic carbocycles. The van der Waals surface area contributed by atoms with E-state index in [1.165, 1.54) is 34.7 Å². The van der Waals surface area contributed by atoms with Crippen LogP contribution in [0.4, 0.5) is 5.69 Å². The molecule has 0 aliphatic rings. The number of nitrogens with zero attached hydrogens (tertiary/aromatic N) is 3. The number of amides is 1. The Kier molecular flexibility index (Phi) is 7.87. The Balaban J connectivity index is 1.74. The van der Waals surface area contributed by atoms with Crippen LogP contribution in [0.2, 0.25) is 0 Å². The van der Waals surface area contributed by atoms with Gasteiger partial charge in [0.05, 0.1) is 12.2 Å². The summed E-state index contributed by atoms with van der Waals surface area (Å²) < 4.78 is 12.4. The van der Waals surface area contributed by atoms with Crippen LogP contribution in [0, 0.1) is 32.1 Å². The van der Waals surface area contributed by atoms with Crippen molar-refractivity contribution in [2.75, 3.05) is 11.9 Å². The number of ether oxygens (including phenoxy) is 2. The molecule has 0 fully saturated rings. The average molecular weight is 523 g/mol. The van der Waals surface area contributed by atoms with E-state index >= 15 is 0 Å². The van der Waals surface area contributed by atoms with Crippen LogP contribution in [0.1, 0.15) is 39.5 Å². The van der Waals surface area contributed by atoms with Gasteiger partial charge in [-0.25, -0.2) is 4.79 Å². The number of pyridine rings is 1. The molecule has 0 saturated carbocycles. The van der Waals surface area contributed by atoms with Crippen LogP contribution in [0.25, 0.3) is 11.7 Å². The lowest BCUT2D eigenvalue weighted by Crippen LogP contribution is -2.21. The molecule has 0 atom stereocenters. The number of fused-ring (bicyclic) bond motifs is 1. The first-order chi connectivity index (χ1) is 18.7. The van der Waals surface area contributed by atoms with Crippen molar-refractivity contribution in [2.45, 2.75) is 27.7 Å². The van der Waals surface area contributed by atoms with Crippen LogP contribution in [0.3, 0.4) is 0 Å². The van der Waals surface area contributed by atoms with E-state index in [9.17, 15) is 19.6 Å². The highest BCUT2D eigenvalue weighted by Crippen LogP contribution is 2.28. The molecule has 1 N–H and O–H groups in total. The van der Waals surface area contributed by atoms with Gasteiger partial charge in [-0.2, -0.15) is 10.2 Å². The smallest absolute Gasteiger partial charge is 0.338 e. The fraction of sp³-hybridized carbons (Fsp3) is 0.167. The zero-order valence-corrected chi connectivity index (χ0v) is 21.9. The highest BCUT2D eigenvalue weighted by Gasteiger charge is 2.19. The van der Waals surface area contributed by atoms with E-state index in [2.05, 4.69) is 10.3 Å². The summed E-state index contributed by atoms with van der Waals surface area (Å²) in [5.74, 6) is -0.762. The van der Waals surface area contributed by atoms with Crippen molar-refractivity contribution < 1.29 is 19.1 Å². The highest BCUT2D eigenvalue weighted by molar-refractivity contribution is 6.10. The predicted molar refractivity (Wildman–Crippen MR) is 147 cm³/mol. The zero-order chi connectivity index (χ0) is 28.1. The molecule has 2 heterocycles. The zero-order valence-electron chi connectivity index (χ0n) is 21.9. The lowest BCUT2D eigenvalue weighted by molar-refractivity contribution is -0.112. The van der Waals surface area contributed by atoms with Gasteiger partial charge in [-0.15, -0.1) is 0 Å². The third-order valence-corrected chi connectivity index (χ3v) is 5.89. The van der Waals surface area contributed by atoms with Crippen molar-refractivity contribution in [2.24, 2.45) is 0 Å². The van der Waals surface area contributed by atoms with Gasteiger partial charge in [0.2, 0.25) is 5.88 Å². The van der Waals surface area contributed by atoms with Gasteiger partial charge in [0, 0.05) is 11.9 Å². The lowest BCUT2D eigenvalue weighted by atomic mass is 10.1. The number of esters is 1. The molecule has 9 heteroatoms. The van der Waals surface area contributed by atoms with Gasteiger partial charge in [0.25, 0.3) is 11.5 Å². The SMILES string of the molecule is CCOC(=O)c1ccc(NC(=O)/C(C#N)=C\c2c(Oc3ccc(C)cc3C)nc3c(C)cccn3c2=O)cc1. The Hall–Kier alpha value is -5.23. The van der Waals surface area contributed by atoms with E-state index in [-0.39, 0.29) is 23.6 Å². The van der Waals surface area contributed by atoms with Crippen molar-refractivity contribution in [1.82, 2.24) is 9.38 Å². The number of aromatic nitrogens is 2. The van der Waals surface area contributed by atoms with E-state index in [0.717, 1.165) is 16.7 Å². The number of aryl methyl sites for hydroxylation is 3. The minimum atomic E-state index is -0.743. The average Bonchev–Trinajstić information content (AvgIpc) is 2.91. The molecule has 1 amide bonds. The third kappa shape index (κ3) is 5.86. The molecule has 2 aromatic heterocycles. The monoisotopic (exact) mass is 522 g/mol. The Morgan fingerprint density at radius 1 is 1.08 bits per heavy atom. The first-order valence-corrected chi connectivity index (χ1v) is 12.2. The summed E-state index contributed by atoms with van der Waals surface area (Å²) in [6, 6.07) is 17.0. The summed E-state index contributed by atoms with van der Waals surface area (Å²) in [5.41, 5.74) is 2.81. The van der Waals surface area contributed by atoms with Crippen molar-refractivity contribution in [3.63, 3.8) is 0 Å². The summed E-state index contributed by atoms with van der Waals surface area (Å²) >= 11 is 0. The first kappa shape index (κ1) is 26.8. The Labute approximate surface area is 225 Å². The minimum absolute atomic E-state index is 0.0272. The van der Waals surface area contributed by atoms with Gasteiger partial charge in [-0.3, -0.25) is 14.0 Å². The first-order valence-electron chi connectivity index (χ1n) is 12.2. The molecule has 0 radical (unpaired) electrons. The molecule has 196 valence electrons. The number of anilines is 1. The molecular formula is C30H26N4O5. The molecule has 0 unspecified atom stereocenters. The van der Waals surface area contributed by atoms with Crippen molar-refractivity contribution in [1.29, 1.82) is 5.26 Å². The van der Waals surface area contributed by atoms with Crippen molar-refractivity contribution in [3.8, 4) is 17.7 Å². The van der Waals surface area contributed by atoms with Gasteiger partial charge in [-0.05, 0) is 81.3 Å². The van der Waals surface area contributed by atoms with E-state index in [0.29, 0.717) is 22.6 Å². The van der Waals surface area contributed by atoms with Crippen molar-refractivity contribution >= 4 is 29.3 Å². The number of hydrogen-bond acceptors (Lipinski definition) is 7. The quantitative estimate of drug-likeness (QED) is 0.203. The number of carbonyl (C=O) groups excluding carboxylic acids is 2. The number of benzene rings is 2. The normalized spacial score (nSPS) is 11.1. The van der Waals surface area contributed by atoms with Crippen LogP contribution in [-0.4, -0.2) is 27.9 Å². The van der Waals surface area contributed by atoms with Gasteiger partial charge in [0.1, 0.15) is 28.6 Å². The Morgan fingerprint density at radius 2 is 1.82 bits per heavy atom. The standard InChI is InChI=1S/C30H26N4O5/c1-5-38-30(37)21-9-11-23(12-10-21)32-27(35)22(17-31)16-24-28(39-25-13-8-18(2)15-20(25)4)33-26-19(3)7-6-14-34(26)29(24)36/h6-16H,5H2,1-4H3,(H,32,35)/b22-16-. The molecule has 0 saturated heterocycles. The second kappa shape index (κ2) is 11.4. The van der Waals surface area contributed by atoms with Crippen LogP contribution in [0.5, 0.6) is 11.6 Å². The molecule has 0 aliphatic heterocycles. The number of hydrogen-bond donors (Lipinski definition) is 1. The molecule has 0 aliphatic carbocycles. The minimum Gasteiger partial charge on any atom is -0.462 e. The van der Waals surface area contributed by atoms with Crippen LogP contribution < -0.4 is 15.6 Å². The fourth-order valence-electron chi connectivity index (χ4n) is 3.91. The molecule has 39 heavy (non-hydrogen) atoms. The number of carbonyl (C=O) groups is 2. The van der Waals surface area contributed by atoms with E-state index in [1.54, 1.807) is 25.3 Å². The largest absolute Gasteiger partial charge is 0.462 e. The molecule has 4 aromatic rings. The van der Waals surface area contributed by atoms with E-state index < -0.39 is 17.4 Å². The Morgan fingerprint density at radius 3 is 2.49 bits per heavy atom. The van der Waals surface area contributed by atoms with Gasteiger partial charge < -0.3 is 14.8 Å². The van der Waals surface area contributed by atoms with Crippen molar-refractivity contribution in [3.05, 3.63) is 105 Å². The highest BCUT2D eigenvalue weighted by atomic mass is 16.5. The summed E-state index contributed by atoms with van der Waals surface area (Å²) in [6.45, 7) is 7.60. The predicted octanol–water partition coefficient (Wildman–Crippen LogP) is 5.13. The van der Waals surface area contributed by atoms with Crippen LogP contribution >= 0.6 is 0 Å². The maximum absolute atomic E-state index is 13.5. The summed E-state index contributed by atoms with van der Waals surface area (Å²) in [4.78, 5) is 43.0. The van der Waals surface area contributed by atoms with Gasteiger partial charge in [0.15, 0.2) is 0 Å². The summed E-state index contributed by atoms with van der Waals surface area (Å²) in [7, 11) is 0. The van der Waals surface area contributed by atoms with Gasteiger partial charge >= 0.3 is 5.97 Å². The molecular weight excluding hydrogens is 496 g/mol. The molecule has 0 spiro atoms. The third-order valence-electron chi connectivity index (χ3n) is 5.89. The number of nitriles is 1. The maximum atomic E-state index is 13.5. The molecule has 0 bridgehead atoms. The second-order valence-corrected chi connectivity index (χ2v) is 8.81. The Bertz CT molecular complexity index is 1710. The summed E-state index contributed by atoms with van der Waals surface area (Å²) in [5, 5.41) is 12.4. The lowest BCUT2D eigenvalue weighted by Gasteiger charge is -2.13. The van der Waals surface area contributed by atoms with E-state index in [1.807, 2.05) is 45.0 Å². The maximum Gasteiger partial charge on any atom is 0.338 e. The molecule has 9 nitrogen and oxygen atoms in total. The molecule has 4 rings (SSSR count). The van der Waals surface area contributed by atoms with Crippen LogP contribution in [0.15, 0.2) is 71.2 Å². The fourth-order valence-corrected chi connectivity index (χ4v) is 3.91. The number of rotatable bonds is 7. The number of nitrogens with one attached hydrogen (secondary N) is 1. The van der Waals surface area contributed by atoms with Crippen LogP contribution in [-0.2, 0) is 9.53 Å². The second-order valence-electron chi connectivity index (χ2n) is 8.81.